The molecule has 20 heavy (non-hydrogen) atoms. The van der Waals surface area contributed by atoms with Crippen LogP contribution in [-0.4, -0.2) is 19.6 Å². The van der Waals surface area contributed by atoms with Crippen LogP contribution in [0.5, 0.6) is 0 Å². The Morgan fingerprint density at radius 1 is 1.35 bits per heavy atom. The van der Waals surface area contributed by atoms with Gasteiger partial charge in [0.15, 0.2) is 0 Å². The van der Waals surface area contributed by atoms with Crippen LogP contribution in [0.1, 0.15) is 25.3 Å². The first kappa shape index (κ1) is 12.4. The molecule has 0 fully saturated rings. The zero-order valence-electron chi connectivity index (χ0n) is 11.3. The zero-order valence-corrected chi connectivity index (χ0v) is 11.3. The maximum absolute atomic E-state index is 12.5. The van der Waals surface area contributed by atoms with Crippen LogP contribution in [0.25, 0.3) is 17.0 Å². The molecule has 0 unspecified atom stereocenters. The number of nitrogens with zero attached hydrogens (tertiary/aromatic N) is 3. The monoisotopic (exact) mass is 269 g/mol. The number of nitrogens with two attached hydrogens (primary N) is 1. The highest BCUT2D eigenvalue weighted by Crippen LogP contribution is 2.26. The van der Waals surface area contributed by atoms with E-state index in [2.05, 4.69) is 15.1 Å². The van der Waals surface area contributed by atoms with E-state index in [9.17, 15) is 4.79 Å². The zero-order chi connectivity index (χ0) is 14.3. The summed E-state index contributed by atoms with van der Waals surface area (Å²) in [6, 6.07) is 7.37. The van der Waals surface area contributed by atoms with Crippen LogP contribution >= 0.6 is 0 Å². The first-order chi connectivity index (χ1) is 9.58. The van der Waals surface area contributed by atoms with Crippen molar-refractivity contribution in [2.75, 3.05) is 5.73 Å². The van der Waals surface area contributed by atoms with Gasteiger partial charge in [-0.15, -0.1) is 0 Å². The molecule has 102 valence electrons. The normalized spacial score (nSPS) is 11.3. The minimum Gasteiger partial charge on any atom is -0.399 e. The van der Waals surface area contributed by atoms with Crippen LogP contribution in [0.4, 0.5) is 5.69 Å². The molecule has 0 aliphatic rings. The Labute approximate surface area is 115 Å². The molecular weight excluding hydrogens is 254 g/mol. The Balaban J connectivity index is 2.39. The maximum Gasteiger partial charge on any atom is 0.278 e. The molecular formula is C14H15N5O. The van der Waals surface area contributed by atoms with Gasteiger partial charge in [-0.25, -0.2) is 9.97 Å². The summed E-state index contributed by atoms with van der Waals surface area (Å²) < 4.78 is 1.35. The molecule has 0 spiro atoms. The van der Waals surface area contributed by atoms with Crippen molar-refractivity contribution in [3.8, 4) is 11.3 Å². The van der Waals surface area contributed by atoms with Crippen molar-refractivity contribution in [3.63, 3.8) is 0 Å². The number of hydrogen-bond acceptors (Lipinski definition) is 4. The molecule has 0 aliphatic carbocycles. The van der Waals surface area contributed by atoms with E-state index in [-0.39, 0.29) is 11.5 Å². The van der Waals surface area contributed by atoms with Gasteiger partial charge < -0.3 is 5.73 Å². The topological polar surface area (TPSA) is 89.1 Å². The Kier molecular flexibility index (Phi) is 2.78. The summed E-state index contributed by atoms with van der Waals surface area (Å²) in [5.41, 5.74) is 8.46. The average molecular weight is 269 g/mol. The summed E-state index contributed by atoms with van der Waals surface area (Å²) in [6.07, 6.45) is 1.46. The molecule has 0 aliphatic heterocycles. The number of rotatable bonds is 2. The third kappa shape index (κ3) is 1.85. The predicted octanol–water partition coefficient (Wildman–Crippen LogP) is 1.79. The lowest BCUT2D eigenvalue weighted by molar-refractivity contribution is 0.797. The predicted molar refractivity (Wildman–Crippen MR) is 77.5 cm³/mol. The van der Waals surface area contributed by atoms with Gasteiger partial charge in [0, 0.05) is 16.8 Å². The smallest absolute Gasteiger partial charge is 0.278 e. The standard InChI is InChI=1S/C14H15N5O/c1-8(2)11-12(9-4-3-5-10(15)6-9)18-14-16-7-17-19(14)13(11)20/h3-8H,15H2,1-2H3,(H,16,17,18). The van der Waals surface area contributed by atoms with E-state index in [0.717, 1.165) is 5.56 Å². The van der Waals surface area contributed by atoms with Gasteiger partial charge >= 0.3 is 0 Å². The van der Waals surface area contributed by atoms with Crippen molar-refractivity contribution in [1.82, 2.24) is 19.6 Å². The van der Waals surface area contributed by atoms with Crippen LogP contribution in [0, 0.1) is 0 Å². The number of nitrogen functional groups attached to an aromatic ring is 1. The number of nitrogens with one attached hydrogen (secondary N) is 1. The fourth-order valence-corrected chi connectivity index (χ4v) is 2.30. The molecule has 0 saturated carbocycles. The molecule has 0 amide bonds. The number of fused-ring (bicyclic) bond motifs is 1. The summed E-state index contributed by atoms with van der Waals surface area (Å²) in [5.74, 6) is 0.406. The average Bonchev–Trinajstić information content (AvgIpc) is 2.86. The molecule has 0 atom stereocenters. The second-order valence-corrected chi connectivity index (χ2v) is 4.98. The summed E-state index contributed by atoms with van der Waals surface area (Å²) in [4.78, 5) is 21.1. The van der Waals surface area contributed by atoms with E-state index in [1.54, 1.807) is 6.07 Å². The lowest BCUT2D eigenvalue weighted by Crippen LogP contribution is -2.22. The van der Waals surface area contributed by atoms with Gasteiger partial charge in [-0.1, -0.05) is 26.0 Å². The van der Waals surface area contributed by atoms with Gasteiger partial charge in [-0.3, -0.25) is 9.89 Å². The number of benzene rings is 1. The van der Waals surface area contributed by atoms with E-state index in [0.29, 0.717) is 22.7 Å². The first-order valence-electron chi connectivity index (χ1n) is 6.40. The van der Waals surface area contributed by atoms with Gasteiger partial charge in [0.25, 0.3) is 11.3 Å². The van der Waals surface area contributed by atoms with Crippen molar-refractivity contribution >= 4 is 11.5 Å². The van der Waals surface area contributed by atoms with Crippen molar-refractivity contribution < 1.29 is 0 Å². The molecule has 2 aromatic heterocycles. The number of aromatic nitrogens is 4. The van der Waals surface area contributed by atoms with E-state index in [1.807, 2.05) is 32.0 Å². The van der Waals surface area contributed by atoms with Crippen molar-refractivity contribution in [2.24, 2.45) is 0 Å². The molecule has 6 nitrogen and oxygen atoms in total. The summed E-state index contributed by atoms with van der Waals surface area (Å²) in [6.45, 7) is 3.94. The second kappa shape index (κ2) is 4.48. The number of anilines is 1. The fourth-order valence-electron chi connectivity index (χ4n) is 2.30. The SMILES string of the molecule is CC(C)c1c(-c2cccc(N)c2)nc2nc[nH]n2c1=O. The molecule has 3 N–H and O–H groups in total. The lowest BCUT2D eigenvalue weighted by Gasteiger charge is -2.11. The Bertz CT molecular complexity index is 831. The van der Waals surface area contributed by atoms with Crippen LogP contribution in [0.2, 0.25) is 0 Å². The van der Waals surface area contributed by atoms with Crippen molar-refractivity contribution in [2.45, 2.75) is 19.8 Å². The van der Waals surface area contributed by atoms with Crippen LogP contribution in [0.3, 0.4) is 0 Å². The molecule has 3 rings (SSSR count). The molecule has 0 bridgehead atoms. The molecule has 2 heterocycles. The highest BCUT2D eigenvalue weighted by molar-refractivity contribution is 5.68. The Hall–Kier alpha value is -2.63. The number of H-pyrrole nitrogens is 1. The van der Waals surface area contributed by atoms with E-state index in [4.69, 9.17) is 5.73 Å². The molecule has 0 radical (unpaired) electrons. The fraction of sp³-hybridized carbons (Fsp3) is 0.214. The van der Waals surface area contributed by atoms with Crippen LogP contribution in [-0.2, 0) is 0 Å². The summed E-state index contributed by atoms with van der Waals surface area (Å²) in [7, 11) is 0. The van der Waals surface area contributed by atoms with Crippen LogP contribution in [0.15, 0.2) is 35.4 Å². The van der Waals surface area contributed by atoms with Crippen molar-refractivity contribution in [3.05, 3.63) is 46.5 Å². The maximum atomic E-state index is 12.5. The quantitative estimate of drug-likeness (QED) is 0.694. The Morgan fingerprint density at radius 2 is 2.15 bits per heavy atom. The van der Waals surface area contributed by atoms with E-state index in [1.165, 1.54) is 10.8 Å². The van der Waals surface area contributed by atoms with Gasteiger partial charge in [-0.05, 0) is 18.1 Å². The van der Waals surface area contributed by atoms with E-state index < -0.39 is 0 Å². The Morgan fingerprint density at radius 3 is 2.85 bits per heavy atom. The van der Waals surface area contributed by atoms with Gasteiger partial charge in [0.05, 0.1) is 5.69 Å². The van der Waals surface area contributed by atoms with Gasteiger partial charge in [0.1, 0.15) is 6.33 Å². The first-order valence-corrected chi connectivity index (χ1v) is 6.40. The second-order valence-electron chi connectivity index (χ2n) is 4.98. The highest BCUT2D eigenvalue weighted by atomic mass is 16.1. The minimum atomic E-state index is -0.125. The molecule has 0 saturated heterocycles. The number of aromatic amines is 1. The molecule has 3 aromatic rings. The lowest BCUT2D eigenvalue weighted by atomic mass is 9.98. The third-order valence-corrected chi connectivity index (χ3v) is 3.20. The van der Waals surface area contributed by atoms with Crippen molar-refractivity contribution in [1.29, 1.82) is 0 Å². The van der Waals surface area contributed by atoms with Gasteiger partial charge in [-0.2, -0.15) is 4.52 Å². The van der Waals surface area contributed by atoms with Gasteiger partial charge in [0.2, 0.25) is 0 Å². The molecule has 6 heteroatoms. The summed E-state index contributed by atoms with van der Waals surface area (Å²) in [5, 5.41) is 2.78. The highest BCUT2D eigenvalue weighted by Gasteiger charge is 2.18. The van der Waals surface area contributed by atoms with Crippen LogP contribution < -0.4 is 11.3 Å². The number of hydrogen-bond donors (Lipinski definition) is 2. The minimum absolute atomic E-state index is 0.0478. The summed E-state index contributed by atoms with van der Waals surface area (Å²) >= 11 is 0. The molecule has 1 aromatic carbocycles. The third-order valence-electron chi connectivity index (χ3n) is 3.20. The van der Waals surface area contributed by atoms with E-state index >= 15 is 0 Å². The largest absolute Gasteiger partial charge is 0.399 e.